The first-order valence-electron chi connectivity index (χ1n) is 8.69. The van der Waals surface area contributed by atoms with Gasteiger partial charge in [0.15, 0.2) is 0 Å². The third kappa shape index (κ3) is 5.17. The molecule has 5 heteroatoms. The van der Waals surface area contributed by atoms with Crippen LogP contribution in [0.1, 0.15) is 32.6 Å². The summed E-state index contributed by atoms with van der Waals surface area (Å²) in [6, 6.07) is 15.8. The second-order valence-electron chi connectivity index (χ2n) is 6.39. The van der Waals surface area contributed by atoms with E-state index >= 15 is 0 Å². The number of benzene rings is 1. The normalized spacial score (nSPS) is 11.8. The standard InChI is InChI=1S/C21H23N3OS/c1-15(11-17-5-4-10-22-13-17)24-21(25)18-6-3-7-19(12-18)23-14-20-9-8-16(2)26-20/h3-10,12-13,15,23H,11,14H2,1-2H3,(H,24,25)/t15-/m1/s1. The third-order valence-electron chi connectivity index (χ3n) is 4.03. The zero-order valence-electron chi connectivity index (χ0n) is 15.0. The molecule has 0 saturated heterocycles. The van der Waals surface area contributed by atoms with E-state index in [4.69, 9.17) is 0 Å². The maximum atomic E-state index is 12.5. The number of nitrogens with zero attached hydrogens (tertiary/aromatic N) is 1. The van der Waals surface area contributed by atoms with Crippen LogP contribution in [0, 0.1) is 6.92 Å². The molecule has 0 bridgehead atoms. The minimum atomic E-state index is -0.0583. The number of hydrogen-bond acceptors (Lipinski definition) is 4. The van der Waals surface area contributed by atoms with Crippen molar-refractivity contribution in [3.63, 3.8) is 0 Å². The van der Waals surface area contributed by atoms with Crippen LogP contribution in [0.15, 0.2) is 60.9 Å². The van der Waals surface area contributed by atoms with Crippen molar-refractivity contribution >= 4 is 22.9 Å². The maximum Gasteiger partial charge on any atom is 0.251 e. The highest BCUT2D eigenvalue weighted by atomic mass is 32.1. The summed E-state index contributed by atoms with van der Waals surface area (Å²) < 4.78 is 0. The molecule has 2 heterocycles. The highest BCUT2D eigenvalue weighted by Gasteiger charge is 2.11. The lowest BCUT2D eigenvalue weighted by Crippen LogP contribution is -2.34. The second kappa shape index (κ2) is 8.63. The smallest absolute Gasteiger partial charge is 0.251 e. The fourth-order valence-electron chi connectivity index (χ4n) is 2.77. The van der Waals surface area contributed by atoms with Crippen LogP contribution in [0.3, 0.4) is 0 Å². The van der Waals surface area contributed by atoms with Gasteiger partial charge in [-0.15, -0.1) is 11.3 Å². The summed E-state index contributed by atoms with van der Waals surface area (Å²) in [4.78, 5) is 19.2. The number of amides is 1. The Morgan fingerprint density at radius 3 is 2.81 bits per heavy atom. The summed E-state index contributed by atoms with van der Waals surface area (Å²) in [5.74, 6) is -0.0583. The van der Waals surface area contributed by atoms with Gasteiger partial charge in [0.1, 0.15) is 0 Å². The molecule has 1 amide bonds. The zero-order valence-corrected chi connectivity index (χ0v) is 15.8. The fraction of sp³-hybridized carbons (Fsp3) is 0.238. The Kier molecular flexibility index (Phi) is 6.02. The molecule has 0 aliphatic heterocycles. The molecule has 0 fully saturated rings. The number of carbonyl (C=O) groups is 1. The van der Waals surface area contributed by atoms with Crippen molar-refractivity contribution in [2.45, 2.75) is 32.9 Å². The molecule has 0 aliphatic rings. The minimum Gasteiger partial charge on any atom is -0.380 e. The number of hydrogen-bond donors (Lipinski definition) is 2. The molecule has 134 valence electrons. The van der Waals surface area contributed by atoms with Gasteiger partial charge in [0.2, 0.25) is 0 Å². The largest absolute Gasteiger partial charge is 0.380 e. The lowest BCUT2D eigenvalue weighted by atomic mass is 10.1. The van der Waals surface area contributed by atoms with Gasteiger partial charge in [-0.1, -0.05) is 12.1 Å². The number of carbonyl (C=O) groups excluding carboxylic acids is 1. The summed E-state index contributed by atoms with van der Waals surface area (Å²) in [5.41, 5.74) is 2.72. The summed E-state index contributed by atoms with van der Waals surface area (Å²) in [6.45, 7) is 4.87. The van der Waals surface area contributed by atoms with Crippen LogP contribution < -0.4 is 10.6 Å². The van der Waals surface area contributed by atoms with E-state index in [1.807, 2.05) is 49.5 Å². The van der Waals surface area contributed by atoms with Gasteiger partial charge < -0.3 is 10.6 Å². The molecule has 2 N–H and O–H groups in total. The molecule has 0 aliphatic carbocycles. The number of anilines is 1. The molecule has 2 aromatic heterocycles. The molecule has 3 aromatic rings. The van der Waals surface area contributed by atoms with Crippen LogP contribution in [-0.2, 0) is 13.0 Å². The van der Waals surface area contributed by atoms with E-state index in [-0.39, 0.29) is 11.9 Å². The Hall–Kier alpha value is -2.66. The minimum absolute atomic E-state index is 0.0393. The number of rotatable bonds is 7. The van der Waals surface area contributed by atoms with Crippen LogP contribution in [0.4, 0.5) is 5.69 Å². The maximum absolute atomic E-state index is 12.5. The number of aromatic nitrogens is 1. The highest BCUT2D eigenvalue weighted by molar-refractivity contribution is 7.11. The van der Waals surface area contributed by atoms with E-state index < -0.39 is 0 Å². The summed E-state index contributed by atoms with van der Waals surface area (Å²) >= 11 is 1.78. The van der Waals surface area contributed by atoms with Gasteiger partial charge in [-0.25, -0.2) is 0 Å². The van der Waals surface area contributed by atoms with Gasteiger partial charge in [0.05, 0.1) is 0 Å². The fourth-order valence-corrected chi connectivity index (χ4v) is 3.60. The first-order chi connectivity index (χ1) is 12.6. The molecule has 0 spiro atoms. The highest BCUT2D eigenvalue weighted by Crippen LogP contribution is 2.18. The van der Waals surface area contributed by atoms with Crippen molar-refractivity contribution in [1.29, 1.82) is 0 Å². The molecule has 1 aromatic carbocycles. The van der Waals surface area contributed by atoms with Gasteiger partial charge in [0.25, 0.3) is 5.91 Å². The van der Waals surface area contributed by atoms with Crippen LogP contribution in [0.2, 0.25) is 0 Å². The topological polar surface area (TPSA) is 54.0 Å². The lowest BCUT2D eigenvalue weighted by Gasteiger charge is -2.14. The molecule has 0 saturated carbocycles. The molecule has 4 nitrogen and oxygen atoms in total. The van der Waals surface area contributed by atoms with E-state index in [2.05, 4.69) is 34.7 Å². The molecule has 3 rings (SSSR count). The van der Waals surface area contributed by atoms with E-state index in [0.29, 0.717) is 5.56 Å². The number of nitrogens with one attached hydrogen (secondary N) is 2. The number of pyridine rings is 1. The van der Waals surface area contributed by atoms with Crippen molar-refractivity contribution in [2.24, 2.45) is 0 Å². The molecule has 0 radical (unpaired) electrons. The van der Waals surface area contributed by atoms with E-state index in [0.717, 1.165) is 24.2 Å². The van der Waals surface area contributed by atoms with Crippen molar-refractivity contribution in [2.75, 3.05) is 5.32 Å². The quantitative estimate of drug-likeness (QED) is 0.651. The van der Waals surface area contributed by atoms with Gasteiger partial charge in [-0.2, -0.15) is 0 Å². The number of thiophene rings is 1. The average molecular weight is 366 g/mol. The first kappa shape index (κ1) is 18.1. The molecule has 0 unspecified atom stereocenters. The lowest BCUT2D eigenvalue weighted by molar-refractivity contribution is 0.0940. The van der Waals surface area contributed by atoms with Gasteiger partial charge in [-0.05, 0) is 62.2 Å². The predicted molar refractivity (Wildman–Crippen MR) is 108 cm³/mol. The Bertz CT molecular complexity index is 860. The number of aryl methyl sites for hydroxylation is 1. The average Bonchev–Trinajstić information content (AvgIpc) is 3.06. The first-order valence-corrected chi connectivity index (χ1v) is 9.51. The molecular formula is C21H23N3OS. The van der Waals surface area contributed by atoms with Crippen LogP contribution in [-0.4, -0.2) is 16.9 Å². The van der Waals surface area contributed by atoms with Gasteiger partial charge in [0, 0.05) is 46.0 Å². The van der Waals surface area contributed by atoms with Gasteiger partial charge in [-0.3, -0.25) is 9.78 Å². The third-order valence-corrected chi connectivity index (χ3v) is 5.03. The van der Waals surface area contributed by atoms with E-state index in [1.54, 1.807) is 17.5 Å². The Balaban J connectivity index is 1.57. The Morgan fingerprint density at radius 2 is 2.08 bits per heavy atom. The van der Waals surface area contributed by atoms with Crippen LogP contribution in [0.25, 0.3) is 0 Å². The Morgan fingerprint density at radius 1 is 1.19 bits per heavy atom. The van der Waals surface area contributed by atoms with Crippen molar-refractivity contribution in [3.8, 4) is 0 Å². The van der Waals surface area contributed by atoms with E-state index in [9.17, 15) is 4.79 Å². The molecule has 26 heavy (non-hydrogen) atoms. The van der Waals surface area contributed by atoms with E-state index in [1.165, 1.54) is 9.75 Å². The SMILES string of the molecule is Cc1ccc(CNc2cccc(C(=O)N[C@H](C)Cc3cccnc3)c2)s1. The van der Waals surface area contributed by atoms with Crippen molar-refractivity contribution in [1.82, 2.24) is 10.3 Å². The zero-order chi connectivity index (χ0) is 18.4. The monoisotopic (exact) mass is 365 g/mol. The predicted octanol–water partition coefficient (Wildman–Crippen LogP) is 4.42. The summed E-state index contributed by atoms with van der Waals surface area (Å²) in [7, 11) is 0. The Labute approximate surface area is 158 Å². The van der Waals surface area contributed by atoms with Gasteiger partial charge >= 0.3 is 0 Å². The van der Waals surface area contributed by atoms with Crippen LogP contribution in [0.5, 0.6) is 0 Å². The van der Waals surface area contributed by atoms with Crippen molar-refractivity contribution < 1.29 is 4.79 Å². The molecular weight excluding hydrogens is 342 g/mol. The molecule has 1 atom stereocenters. The second-order valence-corrected chi connectivity index (χ2v) is 7.76. The summed E-state index contributed by atoms with van der Waals surface area (Å²) in [6.07, 6.45) is 4.34. The van der Waals surface area contributed by atoms with Crippen LogP contribution >= 0.6 is 11.3 Å². The van der Waals surface area contributed by atoms with Crippen molar-refractivity contribution in [3.05, 3.63) is 81.8 Å². The summed E-state index contributed by atoms with van der Waals surface area (Å²) in [5, 5.41) is 6.44.